The minimum atomic E-state index is -0.321. The summed E-state index contributed by atoms with van der Waals surface area (Å²) in [6.45, 7) is 1.92. The van der Waals surface area contributed by atoms with Gasteiger partial charge in [0, 0.05) is 10.7 Å². The lowest BCUT2D eigenvalue weighted by atomic mass is 10.2. The van der Waals surface area contributed by atoms with Crippen LogP contribution in [0.3, 0.4) is 0 Å². The Morgan fingerprint density at radius 3 is 2.54 bits per heavy atom. The number of aromatic nitrogens is 2. The zero-order chi connectivity index (χ0) is 18.5. The number of nitrogens with zero attached hydrogens (tertiary/aromatic N) is 2. The van der Waals surface area contributed by atoms with Crippen molar-refractivity contribution in [3.63, 3.8) is 0 Å². The van der Waals surface area contributed by atoms with E-state index in [2.05, 4.69) is 20.8 Å². The summed E-state index contributed by atoms with van der Waals surface area (Å²) < 4.78 is 5.28. The molecule has 1 heterocycles. The SMILES string of the molecule is COc1ccc(Cl)cc1Nc1ccc(C(=O)Nc2ccccc2C)nn1. The molecule has 0 aliphatic carbocycles. The highest BCUT2D eigenvalue weighted by molar-refractivity contribution is 6.31. The van der Waals surface area contributed by atoms with E-state index < -0.39 is 0 Å². The summed E-state index contributed by atoms with van der Waals surface area (Å²) in [6, 6.07) is 16.0. The number of benzene rings is 2. The molecule has 0 saturated heterocycles. The second kappa shape index (κ2) is 7.84. The van der Waals surface area contributed by atoms with Gasteiger partial charge in [-0.2, -0.15) is 0 Å². The molecule has 0 saturated carbocycles. The summed E-state index contributed by atoms with van der Waals surface area (Å²) in [5.74, 6) is 0.772. The van der Waals surface area contributed by atoms with E-state index >= 15 is 0 Å². The average molecular weight is 369 g/mol. The number of hydrogen-bond acceptors (Lipinski definition) is 5. The topological polar surface area (TPSA) is 76.1 Å². The summed E-state index contributed by atoms with van der Waals surface area (Å²) in [7, 11) is 1.57. The van der Waals surface area contributed by atoms with Crippen molar-refractivity contribution in [3.8, 4) is 5.75 Å². The van der Waals surface area contributed by atoms with Gasteiger partial charge in [-0.3, -0.25) is 4.79 Å². The smallest absolute Gasteiger partial charge is 0.276 e. The highest BCUT2D eigenvalue weighted by atomic mass is 35.5. The van der Waals surface area contributed by atoms with E-state index in [1.807, 2.05) is 31.2 Å². The van der Waals surface area contributed by atoms with Crippen LogP contribution in [0.15, 0.2) is 54.6 Å². The number of ether oxygens (including phenoxy) is 1. The van der Waals surface area contributed by atoms with Gasteiger partial charge in [-0.05, 0) is 48.9 Å². The molecule has 3 aromatic rings. The first-order valence-corrected chi connectivity index (χ1v) is 8.26. The maximum Gasteiger partial charge on any atom is 0.276 e. The summed E-state index contributed by atoms with van der Waals surface area (Å²) in [5, 5.41) is 14.5. The van der Waals surface area contributed by atoms with Crippen molar-refractivity contribution in [1.29, 1.82) is 0 Å². The normalized spacial score (nSPS) is 10.3. The second-order valence-corrected chi connectivity index (χ2v) is 5.98. The summed E-state index contributed by atoms with van der Waals surface area (Å²) in [4.78, 5) is 12.3. The lowest BCUT2D eigenvalue weighted by Gasteiger charge is -2.11. The van der Waals surface area contributed by atoms with Gasteiger partial charge < -0.3 is 15.4 Å². The minimum Gasteiger partial charge on any atom is -0.495 e. The number of halogens is 1. The van der Waals surface area contributed by atoms with Crippen LogP contribution in [0, 0.1) is 6.92 Å². The molecule has 6 nitrogen and oxygen atoms in total. The standard InChI is InChI=1S/C19H17ClN4O2/c1-12-5-3-4-6-14(12)22-19(25)15-8-10-18(24-23-15)21-16-11-13(20)7-9-17(16)26-2/h3-11H,1-2H3,(H,21,24)(H,22,25). The largest absolute Gasteiger partial charge is 0.495 e. The number of nitrogens with one attached hydrogen (secondary N) is 2. The third kappa shape index (κ3) is 4.10. The van der Waals surface area contributed by atoms with Crippen LogP contribution in [0.25, 0.3) is 0 Å². The first kappa shape index (κ1) is 17.7. The quantitative estimate of drug-likeness (QED) is 0.696. The van der Waals surface area contributed by atoms with Crippen LogP contribution in [-0.2, 0) is 0 Å². The maximum atomic E-state index is 12.3. The van der Waals surface area contributed by atoms with Crippen molar-refractivity contribution in [1.82, 2.24) is 10.2 Å². The molecule has 0 aliphatic heterocycles. The van der Waals surface area contributed by atoms with Gasteiger partial charge in [0.15, 0.2) is 11.5 Å². The molecule has 2 N–H and O–H groups in total. The predicted octanol–water partition coefficient (Wildman–Crippen LogP) is 4.44. The second-order valence-electron chi connectivity index (χ2n) is 5.54. The Hall–Kier alpha value is -3.12. The number of amides is 1. The van der Waals surface area contributed by atoms with E-state index in [-0.39, 0.29) is 11.6 Å². The molecule has 3 rings (SSSR count). The van der Waals surface area contributed by atoms with E-state index in [0.29, 0.717) is 22.3 Å². The van der Waals surface area contributed by atoms with Crippen molar-refractivity contribution in [3.05, 3.63) is 70.9 Å². The van der Waals surface area contributed by atoms with E-state index in [4.69, 9.17) is 16.3 Å². The van der Waals surface area contributed by atoms with Gasteiger partial charge in [-0.15, -0.1) is 10.2 Å². The molecule has 1 amide bonds. The molecule has 0 aliphatic rings. The van der Waals surface area contributed by atoms with Gasteiger partial charge in [-0.25, -0.2) is 0 Å². The average Bonchev–Trinajstić information content (AvgIpc) is 2.64. The molecule has 1 aromatic heterocycles. The highest BCUT2D eigenvalue weighted by Crippen LogP contribution is 2.29. The van der Waals surface area contributed by atoms with Crippen molar-refractivity contribution in [2.75, 3.05) is 17.7 Å². The number of aryl methyl sites for hydroxylation is 1. The van der Waals surface area contributed by atoms with Crippen LogP contribution >= 0.6 is 11.6 Å². The number of anilines is 3. The molecule has 0 spiro atoms. The number of hydrogen-bond donors (Lipinski definition) is 2. The Kier molecular flexibility index (Phi) is 5.34. The number of para-hydroxylation sites is 1. The monoisotopic (exact) mass is 368 g/mol. The summed E-state index contributed by atoms with van der Waals surface area (Å²) >= 11 is 6.01. The predicted molar refractivity (Wildman–Crippen MR) is 102 cm³/mol. The lowest BCUT2D eigenvalue weighted by molar-refractivity contribution is 0.102. The fraction of sp³-hybridized carbons (Fsp3) is 0.105. The molecular weight excluding hydrogens is 352 g/mol. The Labute approximate surface area is 156 Å². The van der Waals surface area contributed by atoms with Crippen LogP contribution in [0.2, 0.25) is 5.02 Å². The minimum absolute atomic E-state index is 0.219. The van der Waals surface area contributed by atoms with Gasteiger partial charge in [0.1, 0.15) is 5.75 Å². The summed E-state index contributed by atoms with van der Waals surface area (Å²) in [5.41, 5.74) is 2.59. The molecule has 26 heavy (non-hydrogen) atoms. The van der Waals surface area contributed by atoms with E-state index in [1.165, 1.54) is 0 Å². The molecule has 0 fully saturated rings. The van der Waals surface area contributed by atoms with Crippen molar-refractivity contribution in [2.24, 2.45) is 0 Å². The number of methoxy groups -OCH3 is 1. The molecule has 7 heteroatoms. The highest BCUT2D eigenvalue weighted by Gasteiger charge is 2.11. The fourth-order valence-electron chi connectivity index (χ4n) is 2.34. The third-order valence-electron chi connectivity index (χ3n) is 3.71. The molecular formula is C19H17ClN4O2. The first-order valence-electron chi connectivity index (χ1n) is 7.88. The Morgan fingerprint density at radius 1 is 1.04 bits per heavy atom. The van der Waals surface area contributed by atoms with Crippen LogP contribution in [0.5, 0.6) is 5.75 Å². The van der Waals surface area contributed by atoms with E-state index in [1.54, 1.807) is 37.4 Å². The van der Waals surface area contributed by atoms with Gasteiger partial charge in [0.05, 0.1) is 12.8 Å². The van der Waals surface area contributed by atoms with Crippen molar-refractivity contribution < 1.29 is 9.53 Å². The summed E-state index contributed by atoms with van der Waals surface area (Å²) in [6.07, 6.45) is 0. The van der Waals surface area contributed by atoms with Crippen LogP contribution < -0.4 is 15.4 Å². The van der Waals surface area contributed by atoms with Gasteiger partial charge in [-0.1, -0.05) is 29.8 Å². The number of carbonyl (C=O) groups excluding carboxylic acids is 1. The molecule has 0 radical (unpaired) electrons. The lowest BCUT2D eigenvalue weighted by Crippen LogP contribution is -2.15. The van der Waals surface area contributed by atoms with Gasteiger partial charge in [0.2, 0.25) is 0 Å². The molecule has 0 atom stereocenters. The van der Waals surface area contributed by atoms with Crippen LogP contribution in [0.4, 0.5) is 17.2 Å². The van der Waals surface area contributed by atoms with Gasteiger partial charge >= 0.3 is 0 Å². The Morgan fingerprint density at radius 2 is 1.85 bits per heavy atom. The van der Waals surface area contributed by atoms with Crippen LogP contribution in [0.1, 0.15) is 16.1 Å². The number of carbonyl (C=O) groups is 1. The zero-order valence-electron chi connectivity index (χ0n) is 14.3. The van der Waals surface area contributed by atoms with Gasteiger partial charge in [0.25, 0.3) is 5.91 Å². The molecule has 132 valence electrons. The first-order chi connectivity index (χ1) is 12.6. The van der Waals surface area contributed by atoms with Crippen LogP contribution in [-0.4, -0.2) is 23.2 Å². The van der Waals surface area contributed by atoms with Crippen molar-refractivity contribution >= 4 is 34.7 Å². The number of rotatable bonds is 5. The zero-order valence-corrected chi connectivity index (χ0v) is 15.0. The van der Waals surface area contributed by atoms with E-state index in [9.17, 15) is 4.79 Å². The van der Waals surface area contributed by atoms with E-state index in [0.717, 1.165) is 11.3 Å². The maximum absolute atomic E-state index is 12.3. The molecule has 0 bridgehead atoms. The fourth-order valence-corrected chi connectivity index (χ4v) is 2.51. The molecule has 2 aromatic carbocycles. The Balaban J connectivity index is 1.73. The van der Waals surface area contributed by atoms with Crippen molar-refractivity contribution in [2.45, 2.75) is 6.92 Å². The third-order valence-corrected chi connectivity index (χ3v) is 3.95. The Bertz CT molecular complexity index is 929. The molecule has 0 unspecified atom stereocenters.